The first-order valence-electron chi connectivity index (χ1n) is 8.02. The van der Waals surface area contributed by atoms with Crippen LogP contribution in [0, 0.1) is 0 Å². The van der Waals surface area contributed by atoms with Crippen molar-refractivity contribution >= 4 is 38.4 Å². The van der Waals surface area contributed by atoms with E-state index in [0.717, 1.165) is 10.9 Å². The van der Waals surface area contributed by atoms with Crippen molar-refractivity contribution in [3.8, 4) is 0 Å². The van der Waals surface area contributed by atoms with Crippen LogP contribution in [-0.2, 0) is 21.9 Å². The highest BCUT2D eigenvalue weighted by Crippen LogP contribution is 2.20. The van der Waals surface area contributed by atoms with Gasteiger partial charge in [-0.2, -0.15) is 0 Å². The molecule has 3 N–H and O–H groups in total. The fourth-order valence-corrected chi connectivity index (χ4v) is 3.52. The number of fused-ring (bicyclic) bond motifs is 1. The minimum Gasteiger partial charge on any atom is -0.350 e. The summed E-state index contributed by atoms with van der Waals surface area (Å²) in [6.45, 7) is 1.36. The van der Waals surface area contributed by atoms with Gasteiger partial charge in [-0.1, -0.05) is 18.2 Å². The number of amides is 2. The molecular formula is C18H18N4O4S. The van der Waals surface area contributed by atoms with Crippen molar-refractivity contribution in [2.24, 2.45) is 7.05 Å². The zero-order chi connectivity index (χ0) is 19.6. The van der Waals surface area contributed by atoms with E-state index in [0.29, 0.717) is 11.3 Å². The molecule has 2 aromatic carbocycles. The lowest BCUT2D eigenvalue weighted by Crippen LogP contribution is -2.41. The second-order valence-electron chi connectivity index (χ2n) is 5.94. The first kappa shape index (κ1) is 18.6. The van der Waals surface area contributed by atoms with Gasteiger partial charge in [0.05, 0.1) is 10.5 Å². The van der Waals surface area contributed by atoms with Crippen molar-refractivity contribution in [2.45, 2.75) is 11.8 Å². The fourth-order valence-electron chi connectivity index (χ4n) is 2.68. The van der Waals surface area contributed by atoms with Gasteiger partial charge in [-0.05, 0) is 30.3 Å². The Kier molecular flexibility index (Phi) is 4.98. The molecule has 140 valence electrons. The monoisotopic (exact) mass is 386 g/mol. The highest BCUT2D eigenvalue weighted by atomic mass is 32.2. The van der Waals surface area contributed by atoms with E-state index >= 15 is 0 Å². The maximum Gasteiger partial charge on any atom is 0.268 e. The van der Waals surface area contributed by atoms with E-state index < -0.39 is 15.9 Å². The molecule has 2 amide bonds. The Hall–Kier alpha value is -3.17. The van der Waals surface area contributed by atoms with E-state index in [2.05, 4.69) is 15.6 Å². The predicted octanol–water partition coefficient (Wildman–Crippen LogP) is 1.76. The average Bonchev–Trinajstić information content (AvgIpc) is 2.97. The van der Waals surface area contributed by atoms with Gasteiger partial charge in [-0.3, -0.25) is 15.0 Å². The lowest BCUT2D eigenvalue weighted by molar-refractivity contribution is -0.114. The number of rotatable bonds is 5. The van der Waals surface area contributed by atoms with E-state index in [9.17, 15) is 18.0 Å². The van der Waals surface area contributed by atoms with Gasteiger partial charge in [0.1, 0.15) is 0 Å². The highest BCUT2D eigenvalue weighted by Gasteiger charge is 2.18. The lowest BCUT2D eigenvalue weighted by Gasteiger charge is -2.09. The molecule has 27 heavy (non-hydrogen) atoms. The van der Waals surface area contributed by atoms with Crippen molar-refractivity contribution in [2.75, 3.05) is 5.32 Å². The number of anilines is 1. The molecule has 0 atom stereocenters. The second kappa shape index (κ2) is 7.22. The molecule has 0 saturated carbocycles. The molecule has 8 nitrogen and oxygen atoms in total. The zero-order valence-electron chi connectivity index (χ0n) is 14.7. The summed E-state index contributed by atoms with van der Waals surface area (Å²) in [7, 11) is -2.15. The third kappa shape index (κ3) is 3.99. The van der Waals surface area contributed by atoms with Crippen molar-refractivity contribution in [1.29, 1.82) is 0 Å². The molecule has 0 fully saturated rings. The van der Waals surface area contributed by atoms with Crippen LogP contribution < -0.4 is 15.6 Å². The van der Waals surface area contributed by atoms with Crippen molar-refractivity contribution in [3.05, 3.63) is 60.3 Å². The van der Waals surface area contributed by atoms with Gasteiger partial charge in [-0.25, -0.2) is 8.42 Å². The van der Waals surface area contributed by atoms with E-state index in [1.54, 1.807) is 29.9 Å². The Labute approximate surface area is 156 Å². The summed E-state index contributed by atoms with van der Waals surface area (Å²) < 4.78 is 26.5. The van der Waals surface area contributed by atoms with E-state index in [4.69, 9.17) is 0 Å². The molecule has 1 aromatic heterocycles. The molecule has 3 rings (SSSR count). The van der Waals surface area contributed by atoms with Gasteiger partial charge in [0.2, 0.25) is 5.91 Å². The Bertz CT molecular complexity index is 1120. The number of hydrogen-bond donors (Lipinski definition) is 3. The second-order valence-corrected chi connectivity index (χ2v) is 7.62. The molecule has 3 aromatic rings. The van der Waals surface area contributed by atoms with Crippen LogP contribution >= 0.6 is 0 Å². The fraction of sp³-hybridized carbons (Fsp3) is 0.111. The number of nitrogens with zero attached hydrogens (tertiary/aromatic N) is 1. The molecule has 0 unspecified atom stereocenters. The number of hydrazine groups is 1. The third-order valence-electron chi connectivity index (χ3n) is 3.93. The molecule has 1 heterocycles. The number of carbonyl (C=O) groups is 2. The van der Waals surface area contributed by atoms with Crippen LogP contribution in [0.2, 0.25) is 0 Å². The Morgan fingerprint density at radius 2 is 1.67 bits per heavy atom. The minimum atomic E-state index is -3.96. The quantitative estimate of drug-likeness (QED) is 0.581. The van der Waals surface area contributed by atoms with Crippen LogP contribution in [0.15, 0.2) is 59.6 Å². The predicted molar refractivity (Wildman–Crippen MR) is 101 cm³/mol. The Morgan fingerprint density at radius 1 is 1.00 bits per heavy atom. The Balaban J connectivity index is 1.74. The normalized spacial score (nSPS) is 11.3. The molecule has 0 saturated heterocycles. The molecule has 9 heteroatoms. The molecule has 0 aliphatic carbocycles. The van der Waals surface area contributed by atoms with E-state index in [1.807, 2.05) is 12.1 Å². The van der Waals surface area contributed by atoms with E-state index in [1.165, 1.54) is 31.2 Å². The van der Waals surface area contributed by atoms with Gasteiger partial charge in [0, 0.05) is 36.8 Å². The number of aromatic nitrogens is 1. The summed E-state index contributed by atoms with van der Waals surface area (Å²) >= 11 is 0. The first-order chi connectivity index (χ1) is 12.8. The number of nitrogens with one attached hydrogen (secondary N) is 3. The maximum absolute atomic E-state index is 12.4. The maximum atomic E-state index is 12.4. The minimum absolute atomic E-state index is 0.0465. The van der Waals surface area contributed by atoms with Gasteiger partial charge in [0.25, 0.3) is 15.9 Å². The largest absolute Gasteiger partial charge is 0.350 e. The summed E-state index contributed by atoms with van der Waals surface area (Å²) in [6.07, 6.45) is 1.64. The number of sulfonamides is 1. The summed E-state index contributed by atoms with van der Waals surface area (Å²) in [6, 6.07) is 12.9. The molecule has 0 aliphatic heterocycles. The van der Waals surface area contributed by atoms with Gasteiger partial charge in [-0.15, -0.1) is 4.83 Å². The van der Waals surface area contributed by atoms with Crippen molar-refractivity contribution in [1.82, 2.24) is 14.8 Å². The van der Waals surface area contributed by atoms with Crippen LogP contribution in [-0.4, -0.2) is 24.8 Å². The van der Waals surface area contributed by atoms with Crippen molar-refractivity contribution in [3.63, 3.8) is 0 Å². The zero-order valence-corrected chi connectivity index (χ0v) is 15.5. The molecule has 0 bridgehead atoms. The van der Waals surface area contributed by atoms with Gasteiger partial charge in [0.15, 0.2) is 0 Å². The molecule has 0 aliphatic rings. The standard InChI is InChI=1S/C18H18N4O4S/c1-12(23)19-13-7-9-14(10-8-13)27(25,26)21-20-18(24)16-11-22(2)17-6-4-3-5-15(16)17/h3-11,21H,1-2H3,(H,19,23)(H,20,24). The highest BCUT2D eigenvalue weighted by molar-refractivity contribution is 7.89. The average molecular weight is 386 g/mol. The number of aryl methyl sites for hydroxylation is 1. The Morgan fingerprint density at radius 3 is 2.33 bits per heavy atom. The van der Waals surface area contributed by atoms with E-state index in [-0.39, 0.29) is 10.8 Å². The topological polar surface area (TPSA) is 109 Å². The van der Waals surface area contributed by atoms with Crippen LogP contribution in [0.1, 0.15) is 17.3 Å². The summed E-state index contributed by atoms with van der Waals surface area (Å²) in [5, 5.41) is 3.27. The van der Waals surface area contributed by atoms with Crippen LogP contribution in [0.4, 0.5) is 5.69 Å². The van der Waals surface area contributed by atoms with Crippen LogP contribution in [0.3, 0.4) is 0 Å². The summed E-state index contributed by atoms with van der Waals surface area (Å²) in [4.78, 5) is 25.5. The molecule has 0 radical (unpaired) electrons. The number of para-hydroxylation sites is 1. The first-order valence-corrected chi connectivity index (χ1v) is 9.50. The van der Waals surface area contributed by atoms with Crippen molar-refractivity contribution < 1.29 is 18.0 Å². The van der Waals surface area contributed by atoms with Crippen LogP contribution in [0.25, 0.3) is 10.9 Å². The van der Waals surface area contributed by atoms with Gasteiger partial charge >= 0.3 is 0 Å². The van der Waals surface area contributed by atoms with Gasteiger partial charge < -0.3 is 9.88 Å². The summed E-state index contributed by atoms with van der Waals surface area (Å²) in [5.41, 5.74) is 3.92. The SMILES string of the molecule is CC(=O)Nc1ccc(S(=O)(=O)NNC(=O)c2cn(C)c3ccccc23)cc1. The molecular weight excluding hydrogens is 368 g/mol. The number of hydrogen-bond acceptors (Lipinski definition) is 4. The number of benzene rings is 2. The molecule has 0 spiro atoms. The summed E-state index contributed by atoms with van der Waals surface area (Å²) in [5.74, 6) is -0.823. The number of carbonyl (C=O) groups excluding carboxylic acids is 2. The lowest BCUT2D eigenvalue weighted by atomic mass is 10.2. The van der Waals surface area contributed by atoms with Crippen LogP contribution in [0.5, 0.6) is 0 Å². The smallest absolute Gasteiger partial charge is 0.268 e. The third-order valence-corrected chi connectivity index (χ3v) is 5.19.